The Balaban J connectivity index is 0.00000242. The van der Waals surface area contributed by atoms with Gasteiger partial charge in [0.05, 0.1) is 11.4 Å². The largest absolute Gasteiger partial charge is 0.342 e. The van der Waals surface area contributed by atoms with Gasteiger partial charge in [-0.05, 0) is 43.8 Å². The van der Waals surface area contributed by atoms with Gasteiger partial charge in [0.2, 0.25) is 5.91 Å². The molecule has 0 spiro atoms. The molecule has 2 amide bonds. The third-order valence-electron chi connectivity index (χ3n) is 3.68. The zero-order valence-electron chi connectivity index (χ0n) is 12.8. The van der Waals surface area contributed by atoms with E-state index in [1.54, 1.807) is 6.07 Å². The summed E-state index contributed by atoms with van der Waals surface area (Å²) in [5.41, 5.74) is 0. The van der Waals surface area contributed by atoms with Crippen molar-refractivity contribution in [2.45, 2.75) is 32.2 Å². The van der Waals surface area contributed by atoms with Crippen LogP contribution in [-0.2, 0) is 4.79 Å². The number of piperidine rings is 1. The maximum absolute atomic E-state index is 12.4. The van der Waals surface area contributed by atoms with E-state index in [1.807, 2.05) is 16.3 Å². The Bertz CT molecular complexity index is 461. The Labute approximate surface area is 141 Å². The lowest BCUT2D eigenvalue weighted by atomic mass is 10.0. The van der Waals surface area contributed by atoms with Crippen molar-refractivity contribution in [2.75, 3.05) is 26.2 Å². The van der Waals surface area contributed by atoms with Crippen LogP contribution in [0.4, 0.5) is 0 Å². The standard InChI is InChI=1S/C15H23N3O2S.ClH/c1-2-9-18(12-5-7-16-8-6-12)14(19)11-17-15(20)13-4-3-10-21-13;/h3-4,10,12,16H,2,5-9,11H2,1H3,(H,17,20);1H. The Kier molecular flexibility index (Phi) is 8.45. The fourth-order valence-corrected chi connectivity index (χ4v) is 3.26. The molecule has 0 aromatic carbocycles. The molecule has 1 saturated heterocycles. The summed E-state index contributed by atoms with van der Waals surface area (Å²) < 4.78 is 0. The number of halogens is 1. The van der Waals surface area contributed by atoms with Crippen molar-refractivity contribution in [3.63, 3.8) is 0 Å². The van der Waals surface area contributed by atoms with E-state index in [4.69, 9.17) is 0 Å². The molecule has 0 unspecified atom stereocenters. The topological polar surface area (TPSA) is 61.4 Å². The lowest BCUT2D eigenvalue weighted by molar-refractivity contribution is -0.133. The van der Waals surface area contributed by atoms with Gasteiger partial charge in [0.15, 0.2) is 0 Å². The van der Waals surface area contributed by atoms with Crippen molar-refractivity contribution in [1.82, 2.24) is 15.5 Å². The number of carbonyl (C=O) groups excluding carboxylic acids is 2. The first-order valence-electron chi connectivity index (χ1n) is 7.54. The second-order valence-corrected chi connectivity index (χ2v) is 6.18. The molecule has 0 atom stereocenters. The van der Waals surface area contributed by atoms with Crippen LogP contribution >= 0.6 is 23.7 Å². The minimum absolute atomic E-state index is 0. The molecule has 1 fully saturated rings. The van der Waals surface area contributed by atoms with Crippen molar-refractivity contribution < 1.29 is 9.59 Å². The molecular weight excluding hydrogens is 322 g/mol. The average molecular weight is 346 g/mol. The summed E-state index contributed by atoms with van der Waals surface area (Å²) in [5, 5.41) is 7.90. The maximum atomic E-state index is 12.4. The van der Waals surface area contributed by atoms with Crippen molar-refractivity contribution >= 4 is 35.6 Å². The summed E-state index contributed by atoms with van der Waals surface area (Å²) >= 11 is 1.38. The Morgan fingerprint density at radius 1 is 1.41 bits per heavy atom. The molecule has 2 rings (SSSR count). The van der Waals surface area contributed by atoms with Crippen molar-refractivity contribution in [3.8, 4) is 0 Å². The van der Waals surface area contributed by atoms with E-state index in [0.717, 1.165) is 38.9 Å². The molecule has 1 aliphatic rings. The van der Waals surface area contributed by atoms with Gasteiger partial charge in [-0.25, -0.2) is 0 Å². The molecular formula is C15H24ClN3O2S. The maximum Gasteiger partial charge on any atom is 0.261 e. The molecule has 1 aromatic heterocycles. The number of rotatable bonds is 6. The van der Waals surface area contributed by atoms with Gasteiger partial charge in [-0.2, -0.15) is 0 Å². The summed E-state index contributed by atoms with van der Waals surface area (Å²) in [4.78, 5) is 26.9. The van der Waals surface area contributed by atoms with Gasteiger partial charge < -0.3 is 15.5 Å². The lowest BCUT2D eigenvalue weighted by Crippen LogP contribution is -2.49. The molecule has 0 radical (unpaired) electrons. The van der Waals surface area contributed by atoms with Gasteiger partial charge in [-0.15, -0.1) is 23.7 Å². The summed E-state index contributed by atoms with van der Waals surface area (Å²) in [7, 11) is 0. The third-order valence-corrected chi connectivity index (χ3v) is 4.55. The van der Waals surface area contributed by atoms with Crippen molar-refractivity contribution in [2.24, 2.45) is 0 Å². The molecule has 22 heavy (non-hydrogen) atoms. The Hall–Kier alpha value is -1.11. The average Bonchev–Trinajstić information content (AvgIpc) is 3.05. The predicted octanol–water partition coefficient (Wildman–Crippen LogP) is 1.89. The quantitative estimate of drug-likeness (QED) is 0.827. The van der Waals surface area contributed by atoms with E-state index < -0.39 is 0 Å². The summed E-state index contributed by atoms with van der Waals surface area (Å²) in [5.74, 6) is -0.145. The van der Waals surface area contributed by atoms with Crippen LogP contribution in [0, 0.1) is 0 Å². The smallest absolute Gasteiger partial charge is 0.261 e. The molecule has 2 heterocycles. The highest BCUT2D eigenvalue weighted by atomic mass is 35.5. The fraction of sp³-hybridized carbons (Fsp3) is 0.600. The third kappa shape index (κ3) is 5.26. The molecule has 5 nitrogen and oxygen atoms in total. The fourth-order valence-electron chi connectivity index (χ4n) is 2.62. The molecule has 2 N–H and O–H groups in total. The Morgan fingerprint density at radius 3 is 2.73 bits per heavy atom. The van der Waals surface area contributed by atoms with Crippen molar-refractivity contribution in [3.05, 3.63) is 22.4 Å². The van der Waals surface area contributed by atoms with E-state index >= 15 is 0 Å². The first-order chi connectivity index (χ1) is 10.2. The van der Waals surface area contributed by atoms with Gasteiger partial charge >= 0.3 is 0 Å². The van der Waals surface area contributed by atoms with E-state index in [-0.39, 0.29) is 30.8 Å². The van der Waals surface area contributed by atoms with E-state index in [2.05, 4.69) is 17.6 Å². The van der Waals surface area contributed by atoms with Crippen LogP contribution in [0.1, 0.15) is 35.9 Å². The molecule has 124 valence electrons. The van der Waals surface area contributed by atoms with Crippen LogP contribution in [0.15, 0.2) is 17.5 Å². The van der Waals surface area contributed by atoms with Gasteiger partial charge in [-0.1, -0.05) is 13.0 Å². The molecule has 0 bridgehead atoms. The summed E-state index contributed by atoms with van der Waals surface area (Å²) in [6.45, 7) is 4.84. The van der Waals surface area contributed by atoms with Crippen LogP contribution < -0.4 is 10.6 Å². The summed E-state index contributed by atoms with van der Waals surface area (Å²) in [6, 6.07) is 3.90. The predicted molar refractivity (Wildman–Crippen MR) is 91.8 cm³/mol. The number of thiophene rings is 1. The van der Waals surface area contributed by atoms with Gasteiger partial charge in [0.1, 0.15) is 0 Å². The zero-order valence-corrected chi connectivity index (χ0v) is 14.5. The van der Waals surface area contributed by atoms with Crippen LogP contribution in [0.2, 0.25) is 0 Å². The van der Waals surface area contributed by atoms with Gasteiger partial charge in [0.25, 0.3) is 5.91 Å². The number of nitrogens with zero attached hydrogens (tertiary/aromatic N) is 1. The summed E-state index contributed by atoms with van der Waals surface area (Å²) in [6.07, 6.45) is 2.92. The molecule has 0 saturated carbocycles. The lowest BCUT2D eigenvalue weighted by Gasteiger charge is -2.34. The minimum Gasteiger partial charge on any atom is -0.342 e. The highest BCUT2D eigenvalue weighted by molar-refractivity contribution is 7.12. The van der Waals surface area contributed by atoms with Gasteiger partial charge in [-0.3, -0.25) is 9.59 Å². The van der Waals surface area contributed by atoms with Crippen LogP contribution in [0.3, 0.4) is 0 Å². The molecule has 7 heteroatoms. The van der Waals surface area contributed by atoms with E-state index in [1.165, 1.54) is 11.3 Å². The van der Waals surface area contributed by atoms with Gasteiger partial charge in [0, 0.05) is 12.6 Å². The normalized spacial score (nSPS) is 15.0. The molecule has 1 aliphatic heterocycles. The van der Waals surface area contributed by atoms with Crippen molar-refractivity contribution in [1.29, 1.82) is 0 Å². The minimum atomic E-state index is -0.167. The zero-order chi connectivity index (χ0) is 15.1. The van der Waals surface area contributed by atoms with Crippen LogP contribution in [0.5, 0.6) is 0 Å². The molecule has 1 aromatic rings. The first kappa shape index (κ1) is 18.9. The number of amides is 2. The second-order valence-electron chi connectivity index (χ2n) is 5.23. The van der Waals surface area contributed by atoms with E-state index in [0.29, 0.717) is 10.9 Å². The number of hydrogen-bond acceptors (Lipinski definition) is 4. The highest BCUT2D eigenvalue weighted by Gasteiger charge is 2.24. The number of carbonyl (C=O) groups is 2. The number of nitrogens with one attached hydrogen (secondary N) is 2. The Morgan fingerprint density at radius 2 is 2.14 bits per heavy atom. The van der Waals surface area contributed by atoms with Crippen LogP contribution in [0.25, 0.3) is 0 Å². The SMILES string of the molecule is CCCN(C(=O)CNC(=O)c1cccs1)C1CCNCC1.Cl. The van der Waals surface area contributed by atoms with E-state index in [9.17, 15) is 9.59 Å². The number of hydrogen-bond donors (Lipinski definition) is 2. The monoisotopic (exact) mass is 345 g/mol. The molecule has 0 aliphatic carbocycles. The highest BCUT2D eigenvalue weighted by Crippen LogP contribution is 2.13. The first-order valence-corrected chi connectivity index (χ1v) is 8.42. The second kappa shape index (κ2) is 9.82. The van der Waals surface area contributed by atoms with Crippen LogP contribution in [-0.4, -0.2) is 48.9 Å².